The number of carboxylic acids is 1. The molecule has 1 aromatic heterocycles. The zero-order valence-electron chi connectivity index (χ0n) is 16.0. The molecule has 2 aliphatic heterocycles. The Morgan fingerprint density at radius 2 is 1.96 bits per heavy atom. The smallest absolute Gasteiger partial charge is 0.311 e. The van der Waals surface area contributed by atoms with E-state index in [0.29, 0.717) is 38.8 Å². The fraction of sp³-hybridized carbons (Fsp3) is 0.737. The maximum absolute atomic E-state index is 12.7. The largest absolute Gasteiger partial charge is 0.481 e. The van der Waals surface area contributed by atoms with E-state index in [1.807, 2.05) is 4.90 Å². The van der Waals surface area contributed by atoms with Crippen molar-refractivity contribution in [1.82, 2.24) is 20.4 Å². The van der Waals surface area contributed by atoms with E-state index in [-0.39, 0.29) is 36.8 Å². The molecular formula is C19H30Cl2N4O3. The van der Waals surface area contributed by atoms with E-state index in [9.17, 15) is 14.7 Å². The number of H-pyrrole nitrogens is 1. The third-order valence-corrected chi connectivity index (χ3v) is 6.58. The summed E-state index contributed by atoms with van der Waals surface area (Å²) in [5.74, 6) is -0.603. The monoisotopic (exact) mass is 432 g/mol. The van der Waals surface area contributed by atoms with E-state index >= 15 is 0 Å². The second-order valence-corrected chi connectivity index (χ2v) is 8.00. The molecule has 0 unspecified atom stereocenters. The number of aryl methyl sites for hydroxylation is 2. The van der Waals surface area contributed by atoms with Gasteiger partial charge in [-0.2, -0.15) is 5.10 Å². The second-order valence-electron chi connectivity index (χ2n) is 8.00. The quantitative estimate of drug-likeness (QED) is 0.676. The van der Waals surface area contributed by atoms with Crippen molar-refractivity contribution in [3.05, 3.63) is 17.0 Å². The number of piperidine rings is 2. The number of aromatic amines is 1. The van der Waals surface area contributed by atoms with Crippen LogP contribution >= 0.6 is 24.8 Å². The molecule has 3 heterocycles. The number of carbonyl (C=O) groups excluding carboxylic acids is 1. The Hall–Kier alpha value is -1.31. The number of aromatic nitrogens is 2. The Morgan fingerprint density at radius 3 is 2.75 bits per heavy atom. The molecule has 2 fully saturated rings. The van der Waals surface area contributed by atoms with Gasteiger partial charge in [0.05, 0.1) is 11.1 Å². The molecule has 28 heavy (non-hydrogen) atoms. The van der Waals surface area contributed by atoms with Crippen molar-refractivity contribution in [2.75, 3.05) is 19.6 Å². The first-order valence-corrected chi connectivity index (χ1v) is 9.90. The van der Waals surface area contributed by atoms with Crippen LogP contribution in [0.4, 0.5) is 0 Å². The number of hydrogen-bond donors (Lipinski definition) is 3. The van der Waals surface area contributed by atoms with E-state index in [1.54, 1.807) is 0 Å². The van der Waals surface area contributed by atoms with Gasteiger partial charge in [0.1, 0.15) is 0 Å². The molecular weight excluding hydrogens is 403 g/mol. The van der Waals surface area contributed by atoms with Crippen molar-refractivity contribution in [1.29, 1.82) is 0 Å². The molecule has 2 saturated heterocycles. The van der Waals surface area contributed by atoms with Crippen LogP contribution in [0.1, 0.15) is 55.5 Å². The molecule has 0 spiro atoms. The molecule has 2 atom stereocenters. The van der Waals surface area contributed by atoms with Gasteiger partial charge in [0, 0.05) is 37.7 Å². The molecule has 3 N–H and O–H groups in total. The molecule has 1 aliphatic carbocycles. The highest BCUT2D eigenvalue weighted by molar-refractivity contribution is 5.85. The van der Waals surface area contributed by atoms with Gasteiger partial charge in [-0.15, -0.1) is 24.8 Å². The minimum atomic E-state index is -0.718. The number of fused-ring (bicyclic) bond motifs is 2. The number of carboxylic acid groups (broad SMARTS) is 1. The van der Waals surface area contributed by atoms with Gasteiger partial charge in [0.2, 0.25) is 5.91 Å². The Morgan fingerprint density at radius 1 is 1.18 bits per heavy atom. The zero-order chi connectivity index (χ0) is 18.1. The van der Waals surface area contributed by atoms with Gasteiger partial charge in [0.25, 0.3) is 0 Å². The average Bonchev–Trinajstić information content (AvgIpc) is 3.08. The summed E-state index contributed by atoms with van der Waals surface area (Å²) in [4.78, 5) is 26.4. The third kappa shape index (κ3) is 4.16. The SMILES string of the molecule is Cl.Cl.O=C(CCc1n[nH]c2c1CCCC2)N1CC[C@@]2(C(=O)O)CCCN[C@@H]2C1. The summed E-state index contributed by atoms with van der Waals surface area (Å²) in [6.45, 7) is 1.88. The minimum absolute atomic E-state index is 0. The van der Waals surface area contributed by atoms with Crippen molar-refractivity contribution in [3.63, 3.8) is 0 Å². The van der Waals surface area contributed by atoms with Crippen LogP contribution < -0.4 is 5.32 Å². The van der Waals surface area contributed by atoms with Crippen LogP contribution in [0.25, 0.3) is 0 Å². The fourth-order valence-electron chi connectivity index (χ4n) is 4.96. The van der Waals surface area contributed by atoms with Crippen molar-refractivity contribution < 1.29 is 14.7 Å². The summed E-state index contributed by atoms with van der Waals surface area (Å²) in [6, 6.07) is -0.135. The maximum atomic E-state index is 12.7. The molecule has 4 rings (SSSR count). The molecule has 0 saturated carbocycles. The highest BCUT2D eigenvalue weighted by Crippen LogP contribution is 2.39. The Bertz CT molecular complexity index is 711. The molecule has 9 heteroatoms. The number of aliphatic carboxylic acids is 1. The lowest BCUT2D eigenvalue weighted by atomic mass is 9.69. The second kappa shape index (κ2) is 9.46. The van der Waals surface area contributed by atoms with E-state index in [4.69, 9.17) is 0 Å². The highest BCUT2D eigenvalue weighted by Gasteiger charge is 2.50. The van der Waals surface area contributed by atoms with Crippen LogP contribution in [0.15, 0.2) is 0 Å². The Labute approximate surface area is 177 Å². The summed E-state index contributed by atoms with van der Waals surface area (Å²) in [7, 11) is 0. The van der Waals surface area contributed by atoms with Gasteiger partial charge in [-0.25, -0.2) is 0 Å². The maximum Gasteiger partial charge on any atom is 0.311 e. The molecule has 0 bridgehead atoms. The predicted molar refractivity (Wildman–Crippen MR) is 110 cm³/mol. The number of hydrogen-bond acceptors (Lipinski definition) is 4. The summed E-state index contributed by atoms with van der Waals surface area (Å²) in [5, 5.41) is 20.6. The van der Waals surface area contributed by atoms with Gasteiger partial charge >= 0.3 is 5.97 Å². The average molecular weight is 433 g/mol. The number of likely N-dealkylation sites (tertiary alicyclic amines) is 1. The van der Waals surface area contributed by atoms with Gasteiger partial charge in [0.15, 0.2) is 0 Å². The molecule has 0 radical (unpaired) electrons. The number of halogens is 2. The lowest BCUT2D eigenvalue weighted by molar-refractivity contribution is -0.159. The molecule has 3 aliphatic rings. The summed E-state index contributed by atoms with van der Waals surface area (Å²) in [5.41, 5.74) is 2.91. The van der Waals surface area contributed by atoms with Crippen LogP contribution in [-0.4, -0.2) is 57.8 Å². The topological polar surface area (TPSA) is 98.3 Å². The zero-order valence-corrected chi connectivity index (χ0v) is 17.7. The summed E-state index contributed by atoms with van der Waals surface area (Å²) < 4.78 is 0. The first-order chi connectivity index (χ1) is 12.6. The normalized spacial score (nSPS) is 26.3. The van der Waals surface area contributed by atoms with Gasteiger partial charge in [-0.3, -0.25) is 14.7 Å². The molecule has 158 valence electrons. The van der Waals surface area contributed by atoms with E-state index in [2.05, 4.69) is 15.5 Å². The predicted octanol–water partition coefficient (Wildman–Crippen LogP) is 2.12. The summed E-state index contributed by atoms with van der Waals surface area (Å²) in [6.07, 6.45) is 7.80. The van der Waals surface area contributed by atoms with Crippen LogP contribution in [0.3, 0.4) is 0 Å². The number of rotatable bonds is 4. The first-order valence-electron chi connectivity index (χ1n) is 9.90. The molecule has 0 aromatic carbocycles. The van der Waals surface area contributed by atoms with Crippen molar-refractivity contribution in [2.24, 2.45) is 5.41 Å². The summed E-state index contributed by atoms with van der Waals surface area (Å²) >= 11 is 0. The number of amides is 1. The van der Waals surface area contributed by atoms with Crippen molar-refractivity contribution in [3.8, 4) is 0 Å². The van der Waals surface area contributed by atoms with Crippen LogP contribution in [-0.2, 0) is 28.9 Å². The molecule has 1 aromatic rings. The fourth-order valence-corrected chi connectivity index (χ4v) is 4.96. The van der Waals surface area contributed by atoms with Gasteiger partial charge in [-0.05, 0) is 57.1 Å². The van der Waals surface area contributed by atoms with E-state index in [0.717, 1.165) is 31.5 Å². The van der Waals surface area contributed by atoms with E-state index in [1.165, 1.54) is 24.1 Å². The Balaban J connectivity index is 0.00000140. The highest BCUT2D eigenvalue weighted by atomic mass is 35.5. The lowest BCUT2D eigenvalue weighted by Gasteiger charge is -2.48. The standard InChI is InChI=1S/C19H28N4O3.2ClH/c24-17(7-6-15-13-4-1-2-5-14(13)21-22-15)23-11-9-19(18(25)26)8-3-10-20-16(19)12-23;;/h16,20H,1-12H2,(H,21,22)(H,25,26);2*1H/t16-,19+;;/m1../s1. The lowest BCUT2D eigenvalue weighted by Crippen LogP contribution is -2.63. The number of carbonyl (C=O) groups is 2. The van der Waals surface area contributed by atoms with Crippen molar-refractivity contribution >= 4 is 36.7 Å². The first kappa shape index (κ1) is 23.0. The number of nitrogens with zero attached hydrogens (tertiary/aromatic N) is 2. The van der Waals surface area contributed by atoms with Gasteiger partial charge in [-0.1, -0.05) is 0 Å². The van der Waals surface area contributed by atoms with Crippen LogP contribution in [0.2, 0.25) is 0 Å². The van der Waals surface area contributed by atoms with Gasteiger partial charge < -0.3 is 15.3 Å². The number of nitrogens with one attached hydrogen (secondary N) is 2. The van der Waals surface area contributed by atoms with Crippen LogP contribution in [0, 0.1) is 5.41 Å². The molecule has 1 amide bonds. The Kier molecular flexibility index (Phi) is 7.76. The van der Waals surface area contributed by atoms with Crippen molar-refractivity contribution in [2.45, 2.75) is 63.8 Å². The van der Waals surface area contributed by atoms with E-state index < -0.39 is 11.4 Å². The minimum Gasteiger partial charge on any atom is -0.481 e. The van der Waals surface area contributed by atoms with Crippen LogP contribution in [0.5, 0.6) is 0 Å². The third-order valence-electron chi connectivity index (χ3n) is 6.58. The molecule has 7 nitrogen and oxygen atoms in total.